The first-order valence-corrected chi connectivity index (χ1v) is 13.1. The van der Waals surface area contributed by atoms with E-state index < -0.39 is 0 Å². The lowest BCUT2D eigenvalue weighted by atomic mass is 10.2. The zero-order valence-corrected chi connectivity index (χ0v) is 21.3. The summed E-state index contributed by atoms with van der Waals surface area (Å²) in [6, 6.07) is 15.4. The van der Waals surface area contributed by atoms with Crippen molar-refractivity contribution in [3.05, 3.63) is 75.1 Å². The van der Waals surface area contributed by atoms with Gasteiger partial charge in [-0.2, -0.15) is 0 Å². The summed E-state index contributed by atoms with van der Waals surface area (Å²) in [5.74, 6) is 0.0769. The van der Waals surface area contributed by atoms with Crippen LogP contribution in [0.3, 0.4) is 0 Å². The van der Waals surface area contributed by atoms with Crippen LogP contribution in [-0.4, -0.2) is 37.8 Å². The van der Waals surface area contributed by atoms with Crippen LogP contribution in [-0.2, 0) is 15.3 Å². The second kappa shape index (κ2) is 10.8. The number of anilines is 1. The van der Waals surface area contributed by atoms with Crippen LogP contribution in [0.25, 0.3) is 6.08 Å². The minimum absolute atomic E-state index is 0.187. The smallest absolute Gasteiger partial charge is 0.266 e. The van der Waals surface area contributed by atoms with Crippen LogP contribution >= 0.6 is 58.7 Å². The van der Waals surface area contributed by atoms with E-state index in [1.54, 1.807) is 30.0 Å². The standard InChI is InChI=1S/C22H17ClN4O2S4/c1-13-3-2-4-15(9-13)12-31-21-26-25-20(33-21)24-18(28)11-27-19(29)17(32-22(27)30)10-14-5-7-16(23)8-6-14/h2-10H,11-12H2,1H3,(H,24,25,28)/b17-10-. The van der Waals surface area contributed by atoms with Gasteiger partial charge in [0.15, 0.2) is 4.34 Å². The summed E-state index contributed by atoms with van der Waals surface area (Å²) in [5.41, 5.74) is 3.23. The molecule has 33 heavy (non-hydrogen) atoms. The lowest BCUT2D eigenvalue weighted by molar-refractivity contribution is -0.126. The van der Waals surface area contributed by atoms with E-state index in [0.29, 0.717) is 19.4 Å². The van der Waals surface area contributed by atoms with Crippen molar-refractivity contribution < 1.29 is 9.59 Å². The molecule has 2 heterocycles. The molecule has 2 aromatic carbocycles. The van der Waals surface area contributed by atoms with Crippen molar-refractivity contribution in [1.82, 2.24) is 15.1 Å². The molecule has 1 saturated heterocycles. The molecule has 1 aliphatic heterocycles. The van der Waals surface area contributed by atoms with Gasteiger partial charge in [0.25, 0.3) is 5.91 Å². The molecule has 0 atom stereocenters. The van der Waals surface area contributed by atoms with E-state index in [2.05, 4.69) is 40.6 Å². The number of hydrogen-bond acceptors (Lipinski definition) is 8. The third kappa shape index (κ3) is 6.42. The molecular weight excluding hydrogens is 516 g/mol. The van der Waals surface area contributed by atoms with E-state index in [4.69, 9.17) is 23.8 Å². The fourth-order valence-electron chi connectivity index (χ4n) is 2.91. The number of benzene rings is 2. The van der Waals surface area contributed by atoms with Gasteiger partial charge in [0.1, 0.15) is 10.9 Å². The highest BCUT2D eigenvalue weighted by molar-refractivity contribution is 8.26. The van der Waals surface area contributed by atoms with Gasteiger partial charge in [-0.1, -0.05) is 101 Å². The first kappa shape index (κ1) is 23.9. The van der Waals surface area contributed by atoms with Crippen molar-refractivity contribution in [2.24, 2.45) is 0 Å². The molecule has 1 fully saturated rings. The number of carbonyl (C=O) groups is 2. The molecule has 0 saturated carbocycles. The van der Waals surface area contributed by atoms with Gasteiger partial charge >= 0.3 is 0 Å². The molecule has 1 aliphatic rings. The number of thiocarbonyl (C=S) groups is 1. The van der Waals surface area contributed by atoms with E-state index in [1.807, 2.05) is 18.2 Å². The van der Waals surface area contributed by atoms with Gasteiger partial charge in [-0.05, 0) is 36.3 Å². The van der Waals surface area contributed by atoms with E-state index in [-0.39, 0.29) is 18.4 Å². The first-order chi connectivity index (χ1) is 15.9. The number of halogens is 1. The van der Waals surface area contributed by atoms with Gasteiger partial charge in [0.2, 0.25) is 11.0 Å². The van der Waals surface area contributed by atoms with Crippen LogP contribution in [0.5, 0.6) is 0 Å². The van der Waals surface area contributed by atoms with Crippen LogP contribution in [0, 0.1) is 6.92 Å². The Morgan fingerprint density at radius 1 is 1.24 bits per heavy atom. The van der Waals surface area contributed by atoms with Gasteiger partial charge in [0, 0.05) is 10.8 Å². The molecule has 0 unspecified atom stereocenters. The monoisotopic (exact) mass is 532 g/mol. The van der Waals surface area contributed by atoms with Crippen molar-refractivity contribution in [2.45, 2.75) is 17.0 Å². The Labute approximate surface area is 213 Å². The maximum absolute atomic E-state index is 12.7. The minimum atomic E-state index is -0.384. The summed E-state index contributed by atoms with van der Waals surface area (Å²) < 4.78 is 1.09. The SMILES string of the molecule is Cc1cccc(CSc2nnc(NC(=O)CN3C(=O)/C(=C/c4ccc(Cl)cc4)SC3=S)s2)c1. The molecule has 0 aliphatic carbocycles. The van der Waals surface area contributed by atoms with E-state index in [1.165, 1.54) is 39.1 Å². The van der Waals surface area contributed by atoms with Crippen LogP contribution in [0.15, 0.2) is 57.8 Å². The molecular formula is C22H17ClN4O2S4. The Kier molecular flexibility index (Phi) is 7.82. The maximum atomic E-state index is 12.7. The zero-order valence-electron chi connectivity index (χ0n) is 17.3. The highest BCUT2D eigenvalue weighted by Crippen LogP contribution is 2.33. The molecule has 11 heteroatoms. The van der Waals surface area contributed by atoms with Gasteiger partial charge in [-0.25, -0.2) is 0 Å². The summed E-state index contributed by atoms with van der Waals surface area (Å²) in [6.45, 7) is 1.87. The number of amides is 2. The number of aryl methyl sites for hydroxylation is 1. The third-order valence-electron chi connectivity index (χ3n) is 4.44. The van der Waals surface area contributed by atoms with Gasteiger partial charge < -0.3 is 0 Å². The molecule has 0 bridgehead atoms. The highest BCUT2D eigenvalue weighted by Gasteiger charge is 2.33. The predicted molar refractivity (Wildman–Crippen MR) is 141 cm³/mol. The van der Waals surface area contributed by atoms with E-state index in [0.717, 1.165) is 15.7 Å². The largest absolute Gasteiger partial charge is 0.299 e. The summed E-state index contributed by atoms with van der Waals surface area (Å²) in [5, 5.41) is 11.9. The Balaban J connectivity index is 1.32. The van der Waals surface area contributed by atoms with Crippen molar-refractivity contribution in [3.63, 3.8) is 0 Å². The molecule has 3 aromatic rings. The summed E-state index contributed by atoms with van der Waals surface area (Å²) >= 11 is 15.2. The van der Waals surface area contributed by atoms with Crippen molar-refractivity contribution in [2.75, 3.05) is 11.9 Å². The molecule has 6 nitrogen and oxygen atoms in total. The molecule has 1 N–H and O–H groups in total. The third-order valence-corrected chi connectivity index (χ3v) is 8.11. The summed E-state index contributed by atoms with van der Waals surface area (Å²) in [7, 11) is 0. The topological polar surface area (TPSA) is 75.2 Å². The second-order valence-electron chi connectivity index (χ2n) is 7.02. The predicted octanol–water partition coefficient (Wildman–Crippen LogP) is 5.63. The number of thioether (sulfide) groups is 2. The van der Waals surface area contributed by atoms with Crippen LogP contribution in [0.2, 0.25) is 5.02 Å². The quantitative estimate of drug-likeness (QED) is 0.183. The van der Waals surface area contributed by atoms with Crippen molar-refractivity contribution in [3.8, 4) is 0 Å². The second-order valence-corrected chi connectivity index (χ2v) is 11.3. The average Bonchev–Trinajstić information content (AvgIpc) is 3.33. The Hall–Kier alpha value is -2.24. The van der Waals surface area contributed by atoms with Crippen molar-refractivity contribution >= 4 is 86.0 Å². The van der Waals surface area contributed by atoms with E-state index >= 15 is 0 Å². The summed E-state index contributed by atoms with van der Waals surface area (Å²) in [4.78, 5) is 27.0. The maximum Gasteiger partial charge on any atom is 0.266 e. The number of hydrogen-bond donors (Lipinski definition) is 1. The van der Waals surface area contributed by atoms with Crippen LogP contribution in [0.4, 0.5) is 5.13 Å². The minimum Gasteiger partial charge on any atom is -0.299 e. The first-order valence-electron chi connectivity index (χ1n) is 9.70. The number of nitrogens with one attached hydrogen (secondary N) is 1. The Morgan fingerprint density at radius 3 is 2.79 bits per heavy atom. The van der Waals surface area contributed by atoms with Crippen LogP contribution in [0.1, 0.15) is 16.7 Å². The van der Waals surface area contributed by atoms with Gasteiger partial charge in [-0.3, -0.25) is 19.8 Å². The van der Waals surface area contributed by atoms with Gasteiger partial charge in [-0.15, -0.1) is 10.2 Å². The molecule has 1 aromatic heterocycles. The fourth-order valence-corrected chi connectivity index (χ4v) is 6.01. The average molecular weight is 533 g/mol. The Morgan fingerprint density at radius 2 is 2.03 bits per heavy atom. The lowest BCUT2D eigenvalue weighted by Crippen LogP contribution is -2.36. The zero-order chi connectivity index (χ0) is 23.4. The number of carbonyl (C=O) groups excluding carboxylic acids is 2. The number of rotatable bonds is 7. The molecule has 0 radical (unpaired) electrons. The molecule has 2 amide bonds. The van der Waals surface area contributed by atoms with E-state index in [9.17, 15) is 9.59 Å². The fraction of sp³-hybridized carbons (Fsp3) is 0.136. The highest BCUT2D eigenvalue weighted by atomic mass is 35.5. The molecule has 4 rings (SSSR count). The Bertz CT molecular complexity index is 1240. The van der Waals surface area contributed by atoms with Gasteiger partial charge in [0.05, 0.1) is 4.91 Å². The molecule has 0 spiro atoms. The normalized spacial score (nSPS) is 14.8. The number of aromatic nitrogens is 2. The molecule has 168 valence electrons. The van der Waals surface area contributed by atoms with Crippen LogP contribution < -0.4 is 5.32 Å². The van der Waals surface area contributed by atoms with Crippen molar-refractivity contribution in [1.29, 1.82) is 0 Å². The lowest BCUT2D eigenvalue weighted by Gasteiger charge is -2.13. The summed E-state index contributed by atoms with van der Waals surface area (Å²) in [6.07, 6.45) is 1.73. The number of nitrogens with zero attached hydrogens (tertiary/aromatic N) is 3.